The van der Waals surface area contributed by atoms with E-state index in [4.69, 9.17) is 20.9 Å². The molecule has 10 N–H and O–H groups in total. The molecule has 0 radical (unpaired) electrons. The number of nitrogens with zero attached hydrogens (tertiary/aromatic N) is 1. The summed E-state index contributed by atoms with van der Waals surface area (Å²) in [4.78, 5) is 61.7. The lowest BCUT2D eigenvalue weighted by Crippen LogP contribution is -2.65. The zero-order chi connectivity index (χ0) is 30.9. The summed E-state index contributed by atoms with van der Waals surface area (Å²) < 4.78 is 11.0. The van der Waals surface area contributed by atoms with Gasteiger partial charge in [-0.1, -0.05) is 13.8 Å². The van der Waals surface area contributed by atoms with Crippen molar-refractivity contribution in [3.63, 3.8) is 0 Å². The van der Waals surface area contributed by atoms with E-state index >= 15 is 0 Å². The number of carboxylic acid groups (broad SMARTS) is 1. The van der Waals surface area contributed by atoms with E-state index in [1.54, 1.807) is 13.8 Å². The summed E-state index contributed by atoms with van der Waals surface area (Å²) in [6.07, 6.45) is -7.21. The van der Waals surface area contributed by atoms with Gasteiger partial charge in [0.1, 0.15) is 36.4 Å². The molecule has 1 aliphatic heterocycles. The maximum Gasteiger partial charge on any atom is 0.326 e. The summed E-state index contributed by atoms with van der Waals surface area (Å²) in [7, 11) is 0. The van der Waals surface area contributed by atoms with E-state index < -0.39 is 91.1 Å². The van der Waals surface area contributed by atoms with E-state index in [-0.39, 0.29) is 25.3 Å². The highest BCUT2D eigenvalue weighted by atomic mass is 16.6. The maximum absolute atomic E-state index is 13.1. The van der Waals surface area contributed by atoms with Gasteiger partial charge in [-0.2, -0.15) is 0 Å². The van der Waals surface area contributed by atoms with Gasteiger partial charge >= 0.3 is 5.97 Å². The van der Waals surface area contributed by atoms with Gasteiger partial charge in [-0.05, 0) is 26.2 Å². The molecule has 0 saturated carbocycles. The van der Waals surface area contributed by atoms with Gasteiger partial charge in [0, 0.05) is 19.9 Å². The van der Waals surface area contributed by atoms with Crippen molar-refractivity contribution in [3.05, 3.63) is 0 Å². The average molecular weight is 578 g/mol. The van der Waals surface area contributed by atoms with E-state index in [0.717, 1.165) is 4.90 Å². The minimum atomic E-state index is -1.64. The molecule has 0 aromatic rings. The first-order valence-corrected chi connectivity index (χ1v) is 12.9. The molecule has 40 heavy (non-hydrogen) atoms. The number of rotatable bonds is 15. The van der Waals surface area contributed by atoms with Gasteiger partial charge in [-0.25, -0.2) is 4.79 Å². The molecule has 16 nitrogen and oxygen atoms in total. The fourth-order valence-electron chi connectivity index (χ4n) is 4.10. The van der Waals surface area contributed by atoms with Crippen molar-refractivity contribution in [2.75, 3.05) is 13.2 Å². The Hall–Kier alpha value is -2.89. The first-order chi connectivity index (χ1) is 18.5. The van der Waals surface area contributed by atoms with Crippen LogP contribution in [0.5, 0.6) is 0 Å². The van der Waals surface area contributed by atoms with Crippen LogP contribution in [-0.2, 0) is 33.4 Å². The number of amides is 4. The standard InChI is InChI=1S/C24H43N5O11/c1-10(2)17(25)22(35)28-14(21(26)34)6-7-16(32)29(12(4)23(36)37)8-11(3)39-20-18(27-13(5)31)24(38)40-15(9-30)19(20)33/h10-12,14-15,17-20,24,30,33,38H,6-9,25H2,1-5H3,(H2,26,34)(H,27,31)(H,28,35)(H,36,37)/t11?,12-,14+,15+,17-,18+,19+,20+,24-/m0/s1. The van der Waals surface area contributed by atoms with Crippen LogP contribution in [0.2, 0.25) is 0 Å². The highest BCUT2D eigenvalue weighted by molar-refractivity contribution is 5.90. The fourth-order valence-corrected chi connectivity index (χ4v) is 4.10. The third kappa shape index (κ3) is 9.94. The van der Waals surface area contributed by atoms with Crippen molar-refractivity contribution in [2.24, 2.45) is 17.4 Å². The Morgan fingerprint density at radius 2 is 1.70 bits per heavy atom. The Bertz CT molecular complexity index is 904. The summed E-state index contributed by atoms with van der Waals surface area (Å²) >= 11 is 0. The van der Waals surface area contributed by atoms with Crippen LogP contribution in [0, 0.1) is 5.92 Å². The Balaban J connectivity index is 3.04. The first-order valence-electron chi connectivity index (χ1n) is 12.9. The zero-order valence-corrected chi connectivity index (χ0v) is 23.4. The molecule has 1 heterocycles. The number of nitrogens with two attached hydrogens (primary N) is 2. The summed E-state index contributed by atoms with van der Waals surface area (Å²) in [5, 5.41) is 44.8. The summed E-state index contributed by atoms with van der Waals surface area (Å²) in [6, 6.07) is -4.72. The van der Waals surface area contributed by atoms with E-state index in [2.05, 4.69) is 10.6 Å². The Labute approximate surface area is 232 Å². The van der Waals surface area contributed by atoms with Crippen LogP contribution in [0.3, 0.4) is 0 Å². The molecule has 0 bridgehead atoms. The number of primary amides is 1. The van der Waals surface area contributed by atoms with Crippen molar-refractivity contribution in [2.45, 2.75) is 102 Å². The number of ether oxygens (including phenoxy) is 2. The predicted octanol–water partition coefficient (Wildman–Crippen LogP) is -3.63. The van der Waals surface area contributed by atoms with Gasteiger partial charge in [0.2, 0.25) is 23.6 Å². The van der Waals surface area contributed by atoms with Gasteiger partial charge < -0.3 is 56.9 Å². The second-order valence-corrected chi connectivity index (χ2v) is 10.2. The highest BCUT2D eigenvalue weighted by Crippen LogP contribution is 2.24. The lowest BCUT2D eigenvalue weighted by molar-refractivity contribution is -0.268. The number of aliphatic carboxylic acids is 1. The number of carbonyl (C=O) groups excluding carboxylic acids is 4. The number of carbonyl (C=O) groups is 5. The molecule has 230 valence electrons. The van der Waals surface area contributed by atoms with Crippen LogP contribution in [0.1, 0.15) is 47.5 Å². The number of carboxylic acids is 1. The number of nitrogens with one attached hydrogen (secondary N) is 2. The molecule has 1 unspecified atom stereocenters. The van der Waals surface area contributed by atoms with Crippen LogP contribution >= 0.6 is 0 Å². The molecule has 0 aliphatic carbocycles. The van der Waals surface area contributed by atoms with Gasteiger partial charge in [0.25, 0.3) is 0 Å². The predicted molar refractivity (Wildman–Crippen MR) is 138 cm³/mol. The average Bonchev–Trinajstić information content (AvgIpc) is 2.87. The van der Waals surface area contributed by atoms with Crippen molar-refractivity contribution < 1.29 is 53.9 Å². The van der Waals surface area contributed by atoms with Crippen LogP contribution in [0.25, 0.3) is 0 Å². The monoisotopic (exact) mass is 577 g/mol. The molecule has 0 aromatic heterocycles. The smallest absolute Gasteiger partial charge is 0.326 e. The third-order valence-electron chi connectivity index (χ3n) is 6.56. The molecular weight excluding hydrogens is 534 g/mol. The normalized spacial score (nSPS) is 25.8. The van der Waals surface area contributed by atoms with Gasteiger partial charge in [0.05, 0.1) is 18.8 Å². The van der Waals surface area contributed by atoms with Crippen molar-refractivity contribution >= 4 is 29.6 Å². The number of aliphatic hydroxyl groups is 3. The van der Waals surface area contributed by atoms with Gasteiger partial charge in [-0.3, -0.25) is 19.2 Å². The van der Waals surface area contributed by atoms with Crippen LogP contribution in [-0.4, -0.2) is 123 Å². The summed E-state index contributed by atoms with van der Waals surface area (Å²) in [5.41, 5.74) is 11.2. The molecule has 1 rings (SSSR count). The molecule has 0 aromatic carbocycles. The van der Waals surface area contributed by atoms with Crippen molar-refractivity contribution in [1.29, 1.82) is 0 Å². The Morgan fingerprint density at radius 3 is 2.17 bits per heavy atom. The topological polar surface area (TPSA) is 264 Å². The van der Waals surface area contributed by atoms with Crippen LogP contribution < -0.4 is 22.1 Å². The molecule has 9 atom stereocenters. The van der Waals surface area contributed by atoms with Crippen molar-refractivity contribution in [3.8, 4) is 0 Å². The van der Waals surface area contributed by atoms with E-state index in [9.17, 15) is 44.4 Å². The summed E-state index contributed by atoms with van der Waals surface area (Å²) in [5.74, 6) is -4.35. The molecule has 16 heteroatoms. The minimum Gasteiger partial charge on any atom is -0.480 e. The van der Waals surface area contributed by atoms with E-state index in [1.807, 2.05) is 0 Å². The number of hydrogen-bond donors (Lipinski definition) is 8. The molecule has 1 aliphatic rings. The molecular formula is C24H43N5O11. The second kappa shape index (κ2) is 15.8. The Morgan fingerprint density at radius 1 is 1.10 bits per heavy atom. The minimum absolute atomic E-state index is 0.225. The molecule has 1 fully saturated rings. The Kier molecular flexibility index (Phi) is 13.9. The number of hydrogen-bond acceptors (Lipinski definition) is 11. The summed E-state index contributed by atoms with van der Waals surface area (Å²) in [6.45, 7) is 6.35. The fraction of sp³-hybridized carbons (Fsp3) is 0.792. The molecule has 4 amide bonds. The van der Waals surface area contributed by atoms with Crippen LogP contribution in [0.15, 0.2) is 0 Å². The van der Waals surface area contributed by atoms with Crippen LogP contribution in [0.4, 0.5) is 0 Å². The van der Waals surface area contributed by atoms with E-state index in [1.165, 1.54) is 20.8 Å². The zero-order valence-electron chi connectivity index (χ0n) is 23.4. The first kappa shape index (κ1) is 35.1. The highest BCUT2D eigenvalue weighted by Gasteiger charge is 2.46. The van der Waals surface area contributed by atoms with Gasteiger partial charge in [-0.15, -0.1) is 0 Å². The van der Waals surface area contributed by atoms with Crippen molar-refractivity contribution in [1.82, 2.24) is 15.5 Å². The third-order valence-corrected chi connectivity index (χ3v) is 6.56. The number of aliphatic hydroxyl groups excluding tert-OH is 3. The lowest BCUT2D eigenvalue weighted by atomic mass is 9.96. The quantitative estimate of drug-likeness (QED) is 0.0937. The second-order valence-electron chi connectivity index (χ2n) is 10.2. The lowest BCUT2D eigenvalue weighted by Gasteiger charge is -2.43. The SMILES string of the molecule is CC(=O)N[C@@H]1[C@@H](OC(C)CN(C(=O)CC[C@@H](NC(=O)[C@@H](N)C(C)C)C(N)=O)[C@@H](C)C(=O)O)[C@H](O)[C@@H](CO)O[C@@H]1O. The van der Waals surface area contributed by atoms with E-state index in [0.29, 0.717) is 0 Å². The largest absolute Gasteiger partial charge is 0.480 e. The van der Waals surface area contributed by atoms with Gasteiger partial charge in [0.15, 0.2) is 6.29 Å². The molecule has 0 spiro atoms. The maximum atomic E-state index is 13.1. The molecule has 1 saturated heterocycles.